The quantitative estimate of drug-likeness (QED) is 0.468. The van der Waals surface area contributed by atoms with E-state index in [0.29, 0.717) is 48.3 Å². The van der Waals surface area contributed by atoms with Crippen molar-refractivity contribution in [3.63, 3.8) is 0 Å². The Morgan fingerprint density at radius 3 is 2.33 bits per heavy atom. The highest BCUT2D eigenvalue weighted by Crippen LogP contribution is 2.24. The van der Waals surface area contributed by atoms with Crippen molar-refractivity contribution in [2.75, 3.05) is 31.1 Å². The summed E-state index contributed by atoms with van der Waals surface area (Å²) in [5.41, 5.74) is 1.98. The summed E-state index contributed by atoms with van der Waals surface area (Å²) in [4.78, 5) is 25.8. The SMILES string of the molecule is O=C(/C(=C/c1cccc(Cl)c1)c1ccc(F)cc1)N1CCN(c2ncccn2)CC1. The molecule has 152 valence electrons. The van der Waals surface area contributed by atoms with Crippen LogP contribution in [0, 0.1) is 5.82 Å². The maximum atomic E-state index is 13.4. The van der Waals surface area contributed by atoms with Crippen LogP contribution < -0.4 is 4.90 Å². The number of rotatable bonds is 4. The van der Waals surface area contributed by atoms with Gasteiger partial charge in [-0.2, -0.15) is 0 Å². The fourth-order valence-corrected chi connectivity index (χ4v) is 3.59. The maximum Gasteiger partial charge on any atom is 0.254 e. The van der Waals surface area contributed by atoms with Crippen LogP contribution >= 0.6 is 11.6 Å². The molecule has 0 aliphatic carbocycles. The van der Waals surface area contributed by atoms with Crippen LogP contribution in [0.2, 0.25) is 5.02 Å². The predicted molar refractivity (Wildman–Crippen MR) is 117 cm³/mol. The molecule has 5 nitrogen and oxygen atoms in total. The molecule has 3 aromatic rings. The standard InChI is InChI=1S/C23H20ClFN4O/c24-19-4-1-3-17(15-19)16-21(18-5-7-20(25)8-6-18)22(30)28-11-13-29(14-12-28)23-26-9-2-10-27-23/h1-10,15-16H,11-14H2/b21-16+. The number of anilines is 1. The molecule has 2 aromatic carbocycles. The number of hydrogen-bond donors (Lipinski definition) is 0. The highest BCUT2D eigenvalue weighted by Gasteiger charge is 2.25. The molecule has 30 heavy (non-hydrogen) atoms. The third-order valence-electron chi connectivity index (χ3n) is 4.95. The lowest BCUT2D eigenvalue weighted by atomic mass is 10.0. The van der Waals surface area contributed by atoms with Crippen LogP contribution in [0.15, 0.2) is 67.0 Å². The minimum atomic E-state index is -0.343. The van der Waals surface area contributed by atoms with E-state index >= 15 is 0 Å². The van der Waals surface area contributed by atoms with E-state index in [1.54, 1.807) is 53.7 Å². The highest BCUT2D eigenvalue weighted by atomic mass is 35.5. The summed E-state index contributed by atoms with van der Waals surface area (Å²) in [6.07, 6.45) is 5.22. The first-order valence-corrected chi connectivity index (χ1v) is 10.0. The molecule has 1 fully saturated rings. The van der Waals surface area contributed by atoms with E-state index in [-0.39, 0.29) is 11.7 Å². The molecule has 1 saturated heterocycles. The molecule has 0 radical (unpaired) electrons. The summed E-state index contributed by atoms with van der Waals surface area (Å²) in [7, 11) is 0. The Kier molecular flexibility index (Phi) is 6.05. The van der Waals surface area contributed by atoms with E-state index in [4.69, 9.17) is 11.6 Å². The molecule has 0 unspecified atom stereocenters. The number of piperazine rings is 1. The van der Waals surface area contributed by atoms with Gasteiger partial charge in [0.25, 0.3) is 5.91 Å². The first-order valence-electron chi connectivity index (χ1n) is 9.64. The van der Waals surface area contributed by atoms with Gasteiger partial charge in [-0.3, -0.25) is 4.79 Å². The van der Waals surface area contributed by atoms with Gasteiger partial charge in [0.2, 0.25) is 5.95 Å². The summed E-state index contributed by atoms with van der Waals surface area (Å²) >= 11 is 6.11. The summed E-state index contributed by atoms with van der Waals surface area (Å²) < 4.78 is 13.4. The lowest BCUT2D eigenvalue weighted by molar-refractivity contribution is -0.125. The first-order chi connectivity index (χ1) is 14.6. The number of benzene rings is 2. The highest BCUT2D eigenvalue weighted by molar-refractivity contribution is 6.31. The summed E-state index contributed by atoms with van der Waals surface area (Å²) in [6, 6.07) is 15.0. The van der Waals surface area contributed by atoms with Crippen LogP contribution in [-0.2, 0) is 4.79 Å². The molecule has 7 heteroatoms. The molecule has 0 atom stereocenters. The van der Waals surface area contributed by atoms with Gasteiger partial charge < -0.3 is 9.80 Å². The zero-order valence-electron chi connectivity index (χ0n) is 16.2. The van der Waals surface area contributed by atoms with Gasteiger partial charge in [-0.1, -0.05) is 35.9 Å². The van der Waals surface area contributed by atoms with E-state index in [1.807, 2.05) is 12.1 Å². The van der Waals surface area contributed by atoms with Crippen molar-refractivity contribution in [3.8, 4) is 0 Å². The van der Waals surface area contributed by atoms with Crippen molar-refractivity contribution in [1.29, 1.82) is 0 Å². The zero-order valence-corrected chi connectivity index (χ0v) is 17.0. The van der Waals surface area contributed by atoms with Crippen molar-refractivity contribution in [3.05, 3.63) is 89.0 Å². The molecule has 0 saturated carbocycles. The van der Waals surface area contributed by atoms with Gasteiger partial charge in [0.1, 0.15) is 5.82 Å². The molecule has 1 aliphatic rings. The van der Waals surface area contributed by atoms with Gasteiger partial charge in [-0.25, -0.2) is 14.4 Å². The van der Waals surface area contributed by atoms with Gasteiger partial charge in [-0.15, -0.1) is 0 Å². The Hall–Kier alpha value is -3.25. The third-order valence-corrected chi connectivity index (χ3v) is 5.18. The molecule has 1 aliphatic heterocycles. The maximum absolute atomic E-state index is 13.4. The second-order valence-corrected chi connectivity index (χ2v) is 7.38. The summed E-state index contributed by atoms with van der Waals surface area (Å²) in [5.74, 6) is 0.220. The van der Waals surface area contributed by atoms with E-state index in [1.165, 1.54) is 12.1 Å². The number of carbonyl (C=O) groups is 1. The topological polar surface area (TPSA) is 49.3 Å². The Bertz CT molecular complexity index is 1050. The Morgan fingerprint density at radius 2 is 1.67 bits per heavy atom. The third kappa shape index (κ3) is 4.66. The summed E-state index contributed by atoms with van der Waals surface area (Å²) in [6.45, 7) is 2.38. The van der Waals surface area contributed by atoms with Gasteiger partial charge in [0.05, 0.1) is 0 Å². The lowest BCUT2D eigenvalue weighted by Crippen LogP contribution is -2.49. The van der Waals surface area contributed by atoms with Crippen LogP contribution in [0.4, 0.5) is 10.3 Å². The first kappa shape index (κ1) is 20.0. The second kappa shape index (κ2) is 9.05. The molecule has 4 rings (SSSR count). The van der Waals surface area contributed by atoms with E-state index in [0.717, 1.165) is 5.56 Å². The smallest absolute Gasteiger partial charge is 0.254 e. The van der Waals surface area contributed by atoms with E-state index in [9.17, 15) is 9.18 Å². The zero-order chi connectivity index (χ0) is 20.9. The molecule has 0 spiro atoms. The van der Waals surface area contributed by atoms with Gasteiger partial charge in [0.15, 0.2) is 0 Å². The summed E-state index contributed by atoms with van der Waals surface area (Å²) in [5, 5.41) is 0.589. The molecule has 1 aromatic heterocycles. The van der Waals surface area contributed by atoms with Crippen LogP contribution in [-0.4, -0.2) is 47.0 Å². The lowest BCUT2D eigenvalue weighted by Gasteiger charge is -2.35. The Balaban J connectivity index is 1.58. The predicted octanol–water partition coefficient (Wildman–Crippen LogP) is 4.16. The number of carbonyl (C=O) groups excluding carboxylic acids is 1. The molecule has 2 heterocycles. The van der Waals surface area contributed by atoms with Crippen LogP contribution in [0.5, 0.6) is 0 Å². The molecule has 0 bridgehead atoms. The number of hydrogen-bond acceptors (Lipinski definition) is 4. The fraction of sp³-hybridized carbons (Fsp3) is 0.174. The largest absolute Gasteiger partial charge is 0.337 e. The Labute approximate surface area is 179 Å². The van der Waals surface area contributed by atoms with Crippen molar-refractivity contribution in [2.45, 2.75) is 0 Å². The monoisotopic (exact) mass is 422 g/mol. The second-order valence-electron chi connectivity index (χ2n) is 6.95. The van der Waals surface area contributed by atoms with Gasteiger partial charge in [-0.05, 0) is 47.5 Å². The molecule has 0 N–H and O–H groups in total. The number of halogens is 2. The van der Waals surface area contributed by atoms with Crippen LogP contribution in [0.3, 0.4) is 0 Å². The Morgan fingerprint density at radius 1 is 0.967 bits per heavy atom. The number of amides is 1. The average molecular weight is 423 g/mol. The van der Waals surface area contributed by atoms with Crippen LogP contribution in [0.1, 0.15) is 11.1 Å². The van der Waals surface area contributed by atoms with Gasteiger partial charge in [0, 0.05) is 49.2 Å². The van der Waals surface area contributed by atoms with E-state index in [2.05, 4.69) is 14.9 Å². The minimum absolute atomic E-state index is 0.102. The van der Waals surface area contributed by atoms with Crippen molar-refractivity contribution in [1.82, 2.24) is 14.9 Å². The normalized spacial score (nSPS) is 14.7. The number of aromatic nitrogens is 2. The number of nitrogens with zero attached hydrogens (tertiary/aromatic N) is 4. The van der Waals surface area contributed by atoms with Crippen molar-refractivity contribution >= 4 is 35.1 Å². The van der Waals surface area contributed by atoms with Crippen LogP contribution in [0.25, 0.3) is 11.6 Å². The van der Waals surface area contributed by atoms with Gasteiger partial charge >= 0.3 is 0 Å². The van der Waals surface area contributed by atoms with E-state index < -0.39 is 0 Å². The van der Waals surface area contributed by atoms with Crippen molar-refractivity contribution in [2.24, 2.45) is 0 Å². The average Bonchev–Trinajstić information content (AvgIpc) is 2.78. The molecular weight excluding hydrogens is 403 g/mol. The minimum Gasteiger partial charge on any atom is -0.337 e. The molecular formula is C23H20ClFN4O. The fourth-order valence-electron chi connectivity index (χ4n) is 3.40. The van der Waals surface area contributed by atoms with Crippen molar-refractivity contribution < 1.29 is 9.18 Å². The molecule has 1 amide bonds.